The molecule has 0 heterocycles. The Bertz CT molecular complexity index is 1090. The Balaban J connectivity index is 1.68. The van der Waals surface area contributed by atoms with Crippen LogP contribution in [-0.2, 0) is 11.2 Å². The van der Waals surface area contributed by atoms with Crippen molar-refractivity contribution >= 4 is 29.4 Å². The van der Waals surface area contributed by atoms with Gasteiger partial charge in [0.25, 0.3) is 0 Å². The van der Waals surface area contributed by atoms with Gasteiger partial charge in [0.1, 0.15) is 0 Å². The van der Waals surface area contributed by atoms with Crippen LogP contribution >= 0.6 is 11.8 Å². The van der Waals surface area contributed by atoms with Crippen LogP contribution in [0.5, 0.6) is 0 Å². The number of nitrogens with one attached hydrogen (secondary N) is 1. The number of unbranched alkanes of at least 4 members (excludes halogenated alkanes) is 3. The highest BCUT2D eigenvalue weighted by Crippen LogP contribution is 2.30. The Morgan fingerprint density at radius 3 is 2.34 bits per heavy atom. The number of hydrogen-bond donors (Lipinski definition) is 2. The number of benzene rings is 3. The van der Waals surface area contributed by atoms with Gasteiger partial charge in [-0.3, -0.25) is 4.79 Å². The van der Waals surface area contributed by atoms with Gasteiger partial charge in [0.2, 0.25) is 0 Å². The van der Waals surface area contributed by atoms with E-state index >= 15 is 0 Å². The average Bonchev–Trinajstić information content (AvgIpc) is 2.85. The van der Waals surface area contributed by atoms with Crippen molar-refractivity contribution in [2.24, 2.45) is 0 Å². The van der Waals surface area contributed by atoms with Crippen LogP contribution in [-0.4, -0.2) is 28.6 Å². The lowest BCUT2D eigenvalue weighted by Gasteiger charge is -2.30. The minimum Gasteiger partial charge on any atom is -0.481 e. The van der Waals surface area contributed by atoms with Gasteiger partial charge in [-0.2, -0.15) is 0 Å². The summed E-state index contributed by atoms with van der Waals surface area (Å²) in [6.07, 6.45) is 4.44. The summed E-state index contributed by atoms with van der Waals surface area (Å²) in [5, 5.41) is 12.0. The molecule has 3 rings (SSSR count). The highest BCUT2D eigenvalue weighted by atomic mass is 32.2. The molecule has 1 unspecified atom stereocenters. The quantitative estimate of drug-likeness (QED) is 0.256. The summed E-state index contributed by atoms with van der Waals surface area (Å²) in [7, 11) is 0. The molecule has 184 valence electrons. The van der Waals surface area contributed by atoms with Crippen molar-refractivity contribution in [1.82, 2.24) is 4.90 Å². The molecule has 0 bridgehead atoms. The maximum Gasteiger partial charge on any atom is 0.322 e. The summed E-state index contributed by atoms with van der Waals surface area (Å²) in [4.78, 5) is 28.2. The smallest absolute Gasteiger partial charge is 0.322 e. The van der Waals surface area contributed by atoms with Crippen molar-refractivity contribution in [2.75, 3.05) is 11.9 Å². The molecule has 0 saturated heterocycles. The van der Waals surface area contributed by atoms with Crippen LogP contribution in [0.4, 0.5) is 10.5 Å². The summed E-state index contributed by atoms with van der Waals surface area (Å²) in [5.74, 6) is -0.838. The van der Waals surface area contributed by atoms with Crippen molar-refractivity contribution in [3.63, 3.8) is 0 Å². The first-order valence-corrected chi connectivity index (χ1v) is 13.0. The molecule has 0 aliphatic carbocycles. The van der Waals surface area contributed by atoms with Crippen LogP contribution in [0.3, 0.4) is 0 Å². The van der Waals surface area contributed by atoms with E-state index in [1.165, 1.54) is 6.42 Å². The highest BCUT2D eigenvalue weighted by molar-refractivity contribution is 7.99. The summed E-state index contributed by atoms with van der Waals surface area (Å²) in [6, 6.07) is 25.3. The Labute approximate surface area is 212 Å². The first-order valence-electron chi connectivity index (χ1n) is 12.2. The molecule has 6 heteroatoms. The predicted octanol–water partition coefficient (Wildman–Crippen LogP) is 7.64. The number of carbonyl (C=O) groups excluding carboxylic acids is 1. The van der Waals surface area contributed by atoms with Gasteiger partial charge in [-0.15, -0.1) is 0 Å². The van der Waals surface area contributed by atoms with Crippen molar-refractivity contribution in [1.29, 1.82) is 0 Å². The SMILES string of the molecule is CCCCCCN(C(=O)Nc1cccc(Sc2ccc(CC(=O)O)cc2)c1)C(C)c1ccccc1. The maximum atomic E-state index is 13.3. The highest BCUT2D eigenvalue weighted by Gasteiger charge is 2.21. The number of carboxylic acid groups (broad SMARTS) is 1. The van der Waals surface area contributed by atoms with Crippen LogP contribution in [0.15, 0.2) is 88.7 Å². The molecule has 2 amide bonds. The number of amides is 2. The third-order valence-corrected chi connectivity index (χ3v) is 6.86. The first kappa shape index (κ1) is 26.4. The lowest BCUT2D eigenvalue weighted by Crippen LogP contribution is -2.37. The molecule has 0 aliphatic rings. The zero-order chi connectivity index (χ0) is 25.0. The van der Waals surface area contributed by atoms with E-state index in [2.05, 4.69) is 31.3 Å². The minimum atomic E-state index is -0.838. The van der Waals surface area contributed by atoms with Gasteiger partial charge in [-0.25, -0.2) is 4.79 Å². The van der Waals surface area contributed by atoms with Crippen molar-refractivity contribution in [3.05, 3.63) is 90.0 Å². The summed E-state index contributed by atoms with van der Waals surface area (Å²) in [6.45, 7) is 4.97. The standard InChI is InChI=1S/C29H34N2O3S/c1-3-4-5-9-19-31(22(2)24-11-7-6-8-12-24)29(34)30-25-13-10-14-27(21-25)35-26-17-15-23(16-18-26)20-28(32)33/h6-8,10-18,21-22H,3-5,9,19-20H2,1-2H3,(H,30,34)(H,32,33). The monoisotopic (exact) mass is 490 g/mol. The van der Waals surface area contributed by atoms with Crippen LogP contribution in [0.1, 0.15) is 56.7 Å². The molecule has 5 nitrogen and oxygen atoms in total. The van der Waals surface area contributed by atoms with Crippen LogP contribution in [0.2, 0.25) is 0 Å². The fourth-order valence-electron chi connectivity index (χ4n) is 3.91. The molecule has 0 aliphatic heterocycles. The number of nitrogens with zero attached hydrogens (tertiary/aromatic N) is 1. The maximum absolute atomic E-state index is 13.3. The largest absolute Gasteiger partial charge is 0.481 e. The Morgan fingerprint density at radius 1 is 0.914 bits per heavy atom. The lowest BCUT2D eigenvalue weighted by atomic mass is 10.1. The number of rotatable bonds is 12. The second-order valence-electron chi connectivity index (χ2n) is 8.62. The molecule has 3 aromatic carbocycles. The molecule has 2 N–H and O–H groups in total. The molecule has 0 spiro atoms. The first-order chi connectivity index (χ1) is 17.0. The van der Waals surface area contributed by atoms with E-state index in [-0.39, 0.29) is 18.5 Å². The van der Waals surface area contributed by atoms with Gasteiger partial charge in [0.15, 0.2) is 0 Å². The topological polar surface area (TPSA) is 69.6 Å². The molecule has 0 fully saturated rings. The van der Waals surface area contributed by atoms with E-state index in [0.29, 0.717) is 6.54 Å². The number of aliphatic carboxylic acids is 1. The number of hydrogen-bond acceptors (Lipinski definition) is 3. The van der Waals surface area contributed by atoms with Crippen molar-refractivity contribution in [2.45, 2.75) is 61.8 Å². The van der Waals surface area contributed by atoms with E-state index < -0.39 is 5.97 Å². The predicted molar refractivity (Wildman–Crippen MR) is 143 cm³/mol. The Kier molecular flexibility index (Phi) is 10.2. The van der Waals surface area contributed by atoms with Gasteiger partial charge in [-0.05, 0) is 54.8 Å². The number of carboxylic acids is 1. The van der Waals surface area contributed by atoms with Gasteiger partial charge in [0.05, 0.1) is 12.5 Å². The van der Waals surface area contributed by atoms with Crippen LogP contribution < -0.4 is 5.32 Å². The third kappa shape index (κ3) is 8.48. The molecular formula is C29H34N2O3S. The van der Waals surface area contributed by atoms with Gasteiger partial charge in [0, 0.05) is 22.0 Å². The van der Waals surface area contributed by atoms with Gasteiger partial charge >= 0.3 is 12.0 Å². The number of carbonyl (C=O) groups is 2. The second kappa shape index (κ2) is 13.6. The Hall–Kier alpha value is -3.25. The van der Waals surface area contributed by atoms with Crippen LogP contribution in [0, 0.1) is 0 Å². The van der Waals surface area contributed by atoms with E-state index in [1.807, 2.05) is 71.6 Å². The number of anilines is 1. The van der Waals surface area contributed by atoms with E-state index in [9.17, 15) is 9.59 Å². The zero-order valence-electron chi connectivity index (χ0n) is 20.4. The van der Waals surface area contributed by atoms with Crippen molar-refractivity contribution in [3.8, 4) is 0 Å². The summed E-state index contributed by atoms with van der Waals surface area (Å²) in [5.41, 5.74) is 2.64. The van der Waals surface area contributed by atoms with Crippen LogP contribution in [0.25, 0.3) is 0 Å². The molecule has 0 aromatic heterocycles. The lowest BCUT2D eigenvalue weighted by molar-refractivity contribution is -0.136. The fourth-order valence-corrected chi connectivity index (χ4v) is 4.79. The normalized spacial score (nSPS) is 11.6. The molecular weight excluding hydrogens is 456 g/mol. The molecule has 0 saturated carbocycles. The summed E-state index contributed by atoms with van der Waals surface area (Å²) >= 11 is 1.58. The van der Waals surface area contributed by atoms with E-state index in [1.54, 1.807) is 11.8 Å². The number of urea groups is 1. The average molecular weight is 491 g/mol. The molecule has 0 radical (unpaired) electrons. The second-order valence-corrected chi connectivity index (χ2v) is 9.76. The van der Waals surface area contributed by atoms with Crippen molar-refractivity contribution < 1.29 is 14.7 Å². The van der Waals surface area contributed by atoms with E-state index in [0.717, 1.165) is 45.9 Å². The third-order valence-electron chi connectivity index (χ3n) is 5.86. The fraction of sp³-hybridized carbons (Fsp3) is 0.310. The van der Waals surface area contributed by atoms with E-state index in [4.69, 9.17) is 5.11 Å². The molecule has 3 aromatic rings. The Morgan fingerprint density at radius 2 is 1.66 bits per heavy atom. The summed E-state index contributed by atoms with van der Waals surface area (Å²) < 4.78 is 0. The molecule has 1 atom stereocenters. The molecule has 35 heavy (non-hydrogen) atoms. The van der Waals surface area contributed by atoms with Gasteiger partial charge in [-0.1, -0.05) is 86.5 Å². The zero-order valence-corrected chi connectivity index (χ0v) is 21.3. The van der Waals surface area contributed by atoms with Gasteiger partial charge < -0.3 is 15.3 Å². The minimum absolute atomic E-state index is 0.0167.